The smallest absolute Gasteiger partial charge is 0.124 e. The number of aliphatic hydroxyl groups is 1. The van der Waals surface area contributed by atoms with Crippen molar-refractivity contribution in [3.8, 4) is 5.75 Å². The molecule has 1 fully saturated rings. The van der Waals surface area contributed by atoms with Crippen LogP contribution < -0.4 is 4.74 Å². The quantitative estimate of drug-likeness (QED) is 0.854. The molecule has 0 bridgehead atoms. The summed E-state index contributed by atoms with van der Waals surface area (Å²) in [5.41, 5.74) is 1.91. The van der Waals surface area contributed by atoms with Gasteiger partial charge in [-0.3, -0.25) is 0 Å². The monoisotopic (exact) mass is 236 g/mol. The SMILES string of the molecule is COc1ccc(C(C)O)cc1COC1CCC1. The molecular weight excluding hydrogens is 216 g/mol. The largest absolute Gasteiger partial charge is 0.496 e. The van der Waals surface area contributed by atoms with Crippen LogP contribution in [0.15, 0.2) is 18.2 Å². The van der Waals surface area contributed by atoms with Gasteiger partial charge in [-0.1, -0.05) is 6.07 Å². The Morgan fingerprint density at radius 2 is 2.18 bits per heavy atom. The van der Waals surface area contributed by atoms with Crippen LogP contribution in [0.1, 0.15) is 43.4 Å². The van der Waals surface area contributed by atoms with Gasteiger partial charge in [-0.25, -0.2) is 0 Å². The highest BCUT2D eigenvalue weighted by Crippen LogP contribution is 2.27. The third kappa shape index (κ3) is 2.99. The third-order valence-electron chi connectivity index (χ3n) is 3.31. The standard InChI is InChI=1S/C14H20O3/c1-10(15)11-6-7-14(16-2)12(8-11)9-17-13-4-3-5-13/h6-8,10,13,15H,3-5,9H2,1-2H3. The fraction of sp³-hybridized carbons (Fsp3) is 0.571. The van der Waals surface area contributed by atoms with Crippen molar-refractivity contribution < 1.29 is 14.6 Å². The van der Waals surface area contributed by atoms with E-state index < -0.39 is 6.10 Å². The lowest BCUT2D eigenvalue weighted by molar-refractivity contribution is -0.00940. The Morgan fingerprint density at radius 3 is 2.71 bits per heavy atom. The van der Waals surface area contributed by atoms with Crippen molar-refractivity contribution in [2.45, 2.75) is 45.0 Å². The van der Waals surface area contributed by atoms with E-state index >= 15 is 0 Å². The molecule has 0 aromatic heterocycles. The van der Waals surface area contributed by atoms with Crippen molar-refractivity contribution in [3.63, 3.8) is 0 Å². The van der Waals surface area contributed by atoms with Gasteiger partial charge in [0.25, 0.3) is 0 Å². The molecule has 0 spiro atoms. The highest BCUT2D eigenvalue weighted by Gasteiger charge is 2.18. The van der Waals surface area contributed by atoms with Gasteiger partial charge in [0.15, 0.2) is 0 Å². The van der Waals surface area contributed by atoms with Crippen molar-refractivity contribution in [2.24, 2.45) is 0 Å². The summed E-state index contributed by atoms with van der Waals surface area (Å²) >= 11 is 0. The predicted molar refractivity (Wildman–Crippen MR) is 66.1 cm³/mol. The van der Waals surface area contributed by atoms with E-state index in [1.165, 1.54) is 19.3 Å². The van der Waals surface area contributed by atoms with E-state index in [0.29, 0.717) is 12.7 Å². The van der Waals surface area contributed by atoms with Gasteiger partial charge in [-0.05, 0) is 43.9 Å². The van der Waals surface area contributed by atoms with Crippen molar-refractivity contribution >= 4 is 0 Å². The molecule has 1 N–H and O–H groups in total. The van der Waals surface area contributed by atoms with Gasteiger partial charge in [0.05, 0.1) is 25.9 Å². The molecule has 1 aromatic rings. The number of hydrogen-bond acceptors (Lipinski definition) is 3. The summed E-state index contributed by atoms with van der Waals surface area (Å²) in [4.78, 5) is 0. The molecule has 3 nitrogen and oxygen atoms in total. The number of ether oxygens (including phenoxy) is 2. The van der Waals surface area contributed by atoms with Crippen LogP contribution in [0, 0.1) is 0 Å². The number of benzene rings is 1. The molecule has 1 aliphatic rings. The molecule has 1 atom stereocenters. The normalized spacial score (nSPS) is 17.6. The average Bonchev–Trinajstić information content (AvgIpc) is 2.26. The summed E-state index contributed by atoms with van der Waals surface area (Å²) in [6, 6.07) is 5.74. The van der Waals surface area contributed by atoms with Crippen LogP contribution in [-0.2, 0) is 11.3 Å². The lowest BCUT2D eigenvalue weighted by Crippen LogP contribution is -2.21. The van der Waals surface area contributed by atoms with Gasteiger partial charge in [0, 0.05) is 5.56 Å². The van der Waals surface area contributed by atoms with Gasteiger partial charge >= 0.3 is 0 Å². The fourth-order valence-electron chi connectivity index (χ4n) is 1.92. The van der Waals surface area contributed by atoms with Gasteiger partial charge in [-0.15, -0.1) is 0 Å². The molecule has 2 rings (SSSR count). The molecule has 1 unspecified atom stereocenters. The van der Waals surface area contributed by atoms with Crippen LogP contribution in [0.25, 0.3) is 0 Å². The molecule has 1 aromatic carbocycles. The molecule has 17 heavy (non-hydrogen) atoms. The summed E-state index contributed by atoms with van der Waals surface area (Å²) in [5, 5.41) is 9.56. The molecule has 0 radical (unpaired) electrons. The second-order valence-electron chi connectivity index (χ2n) is 4.61. The van der Waals surface area contributed by atoms with E-state index in [0.717, 1.165) is 16.9 Å². The lowest BCUT2D eigenvalue weighted by atomic mass is 9.96. The van der Waals surface area contributed by atoms with Crippen LogP contribution in [0.4, 0.5) is 0 Å². The molecule has 0 heterocycles. The Kier molecular flexibility index (Phi) is 4.02. The number of rotatable bonds is 5. The van der Waals surface area contributed by atoms with E-state index in [4.69, 9.17) is 9.47 Å². The molecular formula is C14H20O3. The van der Waals surface area contributed by atoms with Crippen LogP contribution in [-0.4, -0.2) is 18.3 Å². The van der Waals surface area contributed by atoms with Crippen LogP contribution >= 0.6 is 0 Å². The van der Waals surface area contributed by atoms with E-state index in [1.54, 1.807) is 14.0 Å². The highest BCUT2D eigenvalue weighted by molar-refractivity contribution is 5.37. The number of hydrogen-bond donors (Lipinski definition) is 1. The van der Waals surface area contributed by atoms with E-state index in [9.17, 15) is 5.11 Å². The fourth-order valence-corrected chi connectivity index (χ4v) is 1.92. The molecule has 1 aliphatic carbocycles. The third-order valence-corrected chi connectivity index (χ3v) is 3.31. The van der Waals surface area contributed by atoms with E-state index in [-0.39, 0.29) is 0 Å². The maximum absolute atomic E-state index is 9.56. The van der Waals surface area contributed by atoms with Crippen LogP contribution in [0.3, 0.4) is 0 Å². The zero-order valence-corrected chi connectivity index (χ0v) is 10.5. The van der Waals surface area contributed by atoms with Crippen molar-refractivity contribution in [1.29, 1.82) is 0 Å². The Labute approximate surface area is 102 Å². The molecule has 3 heteroatoms. The summed E-state index contributed by atoms with van der Waals surface area (Å²) in [6.45, 7) is 2.33. The summed E-state index contributed by atoms with van der Waals surface area (Å²) < 4.78 is 11.1. The van der Waals surface area contributed by atoms with Crippen molar-refractivity contribution in [1.82, 2.24) is 0 Å². The minimum absolute atomic E-state index is 0.412. The Morgan fingerprint density at radius 1 is 1.41 bits per heavy atom. The zero-order chi connectivity index (χ0) is 12.3. The maximum atomic E-state index is 9.56. The molecule has 1 saturated carbocycles. The van der Waals surface area contributed by atoms with Gasteiger partial charge < -0.3 is 14.6 Å². The Balaban J connectivity index is 2.07. The second kappa shape index (κ2) is 5.52. The summed E-state index contributed by atoms with van der Waals surface area (Å²) in [6.07, 6.45) is 3.56. The van der Waals surface area contributed by atoms with Crippen molar-refractivity contribution in [3.05, 3.63) is 29.3 Å². The number of aliphatic hydroxyl groups excluding tert-OH is 1. The minimum Gasteiger partial charge on any atom is -0.496 e. The lowest BCUT2D eigenvalue weighted by Gasteiger charge is -2.26. The highest BCUT2D eigenvalue weighted by atomic mass is 16.5. The van der Waals surface area contributed by atoms with Crippen molar-refractivity contribution in [2.75, 3.05) is 7.11 Å². The minimum atomic E-state index is -0.455. The predicted octanol–water partition coefficient (Wildman–Crippen LogP) is 2.82. The zero-order valence-electron chi connectivity index (χ0n) is 10.5. The van der Waals surface area contributed by atoms with Gasteiger partial charge in [0.2, 0.25) is 0 Å². The average molecular weight is 236 g/mol. The molecule has 0 saturated heterocycles. The first-order valence-electron chi connectivity index (χ1n) is 6.17. The first-order valence-corrected chi connectivity index (χ1v) is 6.17. The summed E-state index contributed by atoms with van der Waals surface area (Å²) in [7, 11) is 1.66. The van der Waals surface area contributed by atoms with E-state index in [1.807, 2.05) is 18.2 Å². The molecule has 94 valence electrons. The topological polar surface area (TPSA) is 38.7 Å². The summed E-state index contributed by atoms with van der Waals surface area (Å²) in [5.74, 6) is 0.828. The second-order valence-corrected chi connectivity index (χ2v) is 4.61. The van der Waals surface area contributed by atoms with Gasteiger partial charge in [-0.2, -0.15) is 0 Å². The first-order chi connectivity index (χ1) is 8.20. The molecule has 0 amide bonds. The van der Waals surface area contributed by atoms with Gasteiger partial charge in [0.1, 0.15) is 5.75 Å². The number of methoxy groups -OCH3 is 1. The first kappa shape index (κ1) is 12.4. The van der Waals surface area contributed by atoms with E-state index in [2.05, 4.69) is 0 Å². The molecule has 0 aliphatic heterocycles. The Bertz CT molecular complexity index is 370. The Hall–Kier alpha value is -1.06. The van der Waals surface area contributed by atoms with Crippen LogP contribution in [0.2, 0.25) is 0 Å². The maximum Gasteiger partial charge on any atom is 0.124 e. The van der Waals surface area contributed by atoms with Crippen LogP contribution in [0.5, 0.6) is 5.75 Å².